The van der Waals surface area contributed by atoms with Crippen molar-refractivity contribution in [1.29, 1.82) is 5.26 Å². The van der Waals surface area contributed by atoms with Gasteiger partial charge in [0, 0.05) is 23.7 Å². The lowest BCUT2D eigenvalue weighted by atomic mass is 9.80. The molecule has 4 rings (SSSR count). The molecule has 0 amide bonds. The maximum absolute atomic E-state index is 9.48. The normalized spacial score (nSPS) is 20.4. The van der Waals surface area contributed by atoms with Crippen LogP contribution in [0.25, 0.3) is 10.9 Å². The molecule has 2 aromatic rings. The maximum Gasteiger partial charge on any atom is 0.131 e. The molecular weight excluding hydrogens is 224 g/mol. The topological polar surface area (TPSA) is 38.0 Å². The van der Waals surface area contributed by atoms with Crippen LogP contribution in [0, 0.1) is 11.3 Å². The zero-order chi connectivity index (χ0) is 12.2. The molecule has 3 heterocycles. The fraction of sp³-hybridized carbons (Fsp3) is 0.400. The molecule has 1 fully saturated rings. The van der Waals surface area contributed by atoms with Gasteiger partial charge in [0.15, 0.2) is 0 Å². The van der Waals surface area contributed by atoms with E-state index in [1.165, 1.54) is 22.9 Å². The van der Waals surface area contributed by atoms with Crippen molar-refractivity contribution in [2.75, 3.05) is 13.2 Å². The Hall–Kier alpha value is -1.79. The zero-order valence-corrected chi connectivity index (χ0v) is 10.1. The molecule has 0 saturated carbocycles. The summed E-state index contributed by atoms with van der Waals surface area (Å²) in [5.74, 6) is 0. The third kappa shape index (κ3) is 1.11. The molecule has 1 saturated heterocycles. The predicted octanol–water partition coefficient (Wildman–Crippen LogP) is 2.38. The summed E-state index contributed by atoms with van der Waals surface area (Å²) in [6.45, 7) is 2.13. The van der Waals surface area contributed by atoms with E-state index in [0.717, 1.165) is 18.5 Å². The van der Waals surface area contributed by atoms with Gasteiger partial charge in [0.2, 0.25) is 0 Å². The first-order valence-electron chi connectivity index (χ1n) is 6.44. The summed E-state index contributed by atoms with van der Waals surface area (Å²) in [6, 6.07) is 8.93. The molecule has 0 atom stereocenters. The highest BCUT2D eigenvalue weighted by molar-refractivity contribution is 5.89. The Morgan fingerprint density at radius 3 is 2.94 bits per heavy atom. The van der Waals surface area contributed by atoms with Crippen molar-refractivity contribution in [2.24, 2.45) is 0 Å². The minimum absolute atomic E-state index is 0.410. The Labute approximate surface area is 106 Å². The van der Waals surface area contributed by atoms with Crippen LogP contribution >= 0.6 is 0 Å². The van der Waals surface area contributed by atoms with Gasteiger partial charge in [0.25, 0.3) is 0 Å². The van der Waals surface area contributed by atoms with E-state index >= 15 is 0 Å². The molecule has 0 N–H and O–H groups in total. The van der Waals surface area contributed by atoms with E-state index in [1.54, 1.807) is 0 Å². The Balaban J connectivity index is 2.04. The van der Waals surface area contributed by atoms with Crippen LogP contribution in [0.1, 0.15) is 17.5 Å². The largest absolute Gasteiger partial charge is 0.377 e. The van der Waals surface area contributed by atoms with Gasteiger partial charge in [-0.3, -0.25) is 0 Å². The highest BCUT2D eigenvalue weighted by Gasteiger charge is 2.43. The number of aromatic nitrogens is 1. The lowest BCUT2D eigenvalue weighted by Crippen LogP contribution is -2.45. The molecule has 90 valence electrons. The van der Waals surface area contributed by atoms with E-state index in [4.69, 9.17) is 4.74 Å². The van der Waals surface area contributed by atoms with Gasteiger partial charge in [-0.1, -0.05) is 18.2 Å². The molecule has 0 unspecified atom stereocenters. The molecule has 1 aromatic carbocycles. The van der Waals surface area contributed by atoms with Crippen LogP contribution < -0.4 is 0 Å². The minimum Gasteiger partial charge on any atom is -0.377 e. The van der Waals surface area contributed by atoms with Gasteiger partial charge in [-0.05, 0) is 18.4 Å². The average Bonchev–Trinajstić information content (AvgIpc) is 2.72. The summed E-state index contributed by atoms with van der Waals surface area (Å²) in [7, 11) is 0. The number of hydrogen-bond acceptors (Lipinski definition) is 2. The van der Waals surface area contributed by atoms with Crippen LogP contribution in [-0.2, 0) is 23.1 Å². The first kappa shape index (κ1) is 10.2. The molecule has 0 radical (unpaired) electrons. The van der Waals surface area contributed by atoms with Gasteiger partial charge in [-0.2, -0.15) is 5.26 Å². The van der Waals surface area contributed by atoms with E-state index in [1.807, 2.05) is 0 Å². The van der Waals surface area contributed by atoms with Crippen molar-refractivity contribution in [3.63, 3.8) is 0 Å². The van der Waals surface area contributed by atoms with Crippen LogP contribution in [0.2, 0.25) is 0 Å². The predicted molar refractivity (Wildman–Crippen MR) is 68.4 cm³/mol. The minimum atomic E-state index is -0.410. The molecule has 0 aliphatic carbocycles. The quantitative estimate of drug-likeness (QED) is 0.765. The molecule has 3 heteroatoms. The third-order valence-electron chi connectivity index (χ3n) is 4.25. The average molecular weight is 238 g/mol. The summed E-state index contributed by atoms with van der Waals surface area (Å²) >= 11 is 0. The smallest absolute Gasteiger partial charge is 0.131 e. The maximum atomic E-state index is 9.48. The lowest BCUT2D eigenvalue weighted by molar-refractivity contribution is -0.0292. The molecule has 18 heavy (non-hydrogen) atoms. The van der Waals surface area contributed by atoms with Crippen molar-refractivity contribution < 1.29 is 4.74 Å². The Morgan fingerprint density at radius 2 is 2.22 bits per heavy atom. The number of ether oxygens (including phenoxy) is 1. The highest BCUT2D eigenvalue weighted by atomic mass is 16.5. The summed E-state index contributed by atoms with van der Waals surface area (Å²) in [4.78, 5) is 0. The number of rotatable bonds is 1. The number of aryl methyl sites for hydroxylation is 2. The second-order valence-electron chi connectivity index (χ2n) is 5.34. The van der Waals surface area contributed by atoms with Crippen LogP contribution in [0.4, 0.5) is 0 Å². The fourth-order valence-electron chi connectivity index (χ4n) is 3.22. The van der Waals surface area contributed by atoms with Gasteiger partial charge in [-0.15, -0.1) is 0 Å². The zero-order valence-electron chi connectivity index (χ0n) is 10.1. The molecule has 0 bridgehead atoms. The standard InChI is InChI=1S/C15H14N2O/c16-8-15(9-18-10-15)13-7-17-6-2-4-11-3-1-5-12(13)14(11)17/h1,3,5,7H,2,4,6,9-10H2. The van der Waals surface area contributed by atoms with E-state index in [2.05, 4.69) is 35.0 Å². The monoisotopic (exact) mass is 238 g/mol. The Kier molecular flexibility index (Phi) is 1.90. The van der Waals surface area contributed by atoms with E-state index in [-0.39, 0.29) is 0 Å². The van der Waals surface area contributed by atoms with E-state index < -0.39 is 5.41 Å². The summed E-state index contributed by atoms with van der Waals surface area (Å²) in [5.41, 5.74) is 3.50. The van der Waals surface area contributed by atoms with Gasteiger partial charge in [0.05, 0.1) is 24.8 Å². The third-order valence-corrected chi connectivity index (χ3v) is 4.25. The summed E-state index contributed by atoms with van der Waals surface area (Å²) < 4.78 is 7.61. The van der Waals surface area contributed by atoms with Gasteiger partial charge < -0.3 is 9.30 Å². The van der Waals surface area contributed by atoms with Crippen molar-refractivity contribution in [1.82, 2.24) is 4.57 Å². The van der Waals surface area contributed by atoms with E-state index in [0.29, 0.717) is 13.2 Å². The number of nitrogens with zero attached hydrogens (tertiary/aromatic N) is 2. The van der Waals surface area contributed by atoms with Crippen LogP contribution in [0.3, 0.4) is 0 Å². The number of para-hydroxylation sites is 1. The van der Waals surface area contributed by atoms with Gasteiger partial charge in [0.1, 0.15) is 5.41 Å². The molecule has 0 spiro atoms. The molecular formula is C15H14N2O. The number of nitriles is 1. The second kappa shape index (κ2) is 3.37. The second-order valence-corrected chi connectivity index (χ2v) is 5.34. The molecule has 3 nitrogen and oxygen atoms in total. The van der Waals surface area contributed by atoms with Crippen molar-refractivity contribution in [2.45, 2.75) is 24.8 Å². The number of benzene rings is 1. The highest BCUT2D eigenvalue weighted by Crippen LogP contribution is 2.39. The van der Waals surface area contributed by atoms with Crippen LogP contribution in [0.15, 0.2) is 24.4 Å². The fourth-order valence-corrected chi connectivity index (χ4v) is 3.22. The molecule has 2 aliphatic rings. The first-order chi connectivity index (χ1) is 8.84. The van der Waals surface area contributed by atoms with E-state index in [9.17, 15) is 5.26 Å². The lowest BCUT2D eigenvalue weighted by Gasteiger charge is -2.34. The molecule has 1 aromatic heterocycles. The van der Waals surface area contributed by atoms with Crippen molar-refractivity contribution in [3.05, 3.63) is 35.5 Å². The Morgan fingerprint density at radius 1 is 1.33 bits per heavy atom. The number of hydrogen-bond donors (Lipinski definition) is 0. The van der Waals surface area contributed by atoms with Crippen LogP contribution in [-0.4, -0.2) is 17.8 Å². The Bertz CT molecular complexity index is 674. The first-order valence-corrected chi connectivity index (χ1v) is 6.44. The van der Waals surface area contributed by atoms with Crippen molar-refractivity contribution >= 4 is 10.9 Å². The molecule has 2 aliphatic heterocycles. The SMILES string of the molecule is N#CC1(c2cn3c4c(cccc24)CCC3)COC1. The van der Waals surface area contributed by atoms with Crippen molar-refractivity contribution in [3.8, 4) is 6.07 Å². The van der Waals surface area contributed by atoms with Crippen LogP contribution in [0.5, 0.6) is 0 Å². The summed E-state index contributed by atoms with van der Waals surface area (Å²) in [6.07, 6.45) is 4.52. The van der Waals surface area contributed by atoms with Gasteiger partial charge in [-0.25, -0.2) is 0 Å². The van der Waals surface area contributed by atoms with Gasteiger partial charge >= 0.3 is 0 Å². The summed E-state index contributed by atoms with van der Waals surface area (Å²) in [5, 5.41) is 10.7.